The molecule has 0 saturated heterocycles. The monoisotopic (exact) mass is 332 g/mol. The van der Waals surface area contributed by atoms with Crippen LogP contribution in [-0.2, 0) is 18.4 Å². The van der Waals surface area contributed by atoms with Crippen LogP contribution in [0.15, 0.2) is 30.6 Å². The molecule has 5 rings (SSSR count). The van der Waals surface area contributed by atoms with Crippen LogP contribution in [0.25, 0.3) is 22.2 Å². The molecular formula is C21H24N4. The van der Waals surface area contributed by atoms with Crippen LogP contribution in [0.3, 0.4) is 0 Å². The lowest BCUT2D eigenvalue weighted by Crippen LogP contribution is -2.41. The van der Waals surface area contributed by atoms with Crippen LogP contribution in [0, 0.1) is 5.92 Å². The van der Waals surface area contributed by atoms with E-state index in [2.05, 4.69) is 36.6 Å². The maximum absolute atomic E-state index is 4.78. The zero-order valence-corrected chi connectivity index (χ0v) is 15.0. The van der Waals surface area contributed by atoms with Crippen LogP contribution < -0.4 is 0 Å². The van der Waals surface area contributed by atoms with Gasteiger partial charge in [0, 0.05) is 36.3 Å². The van der Waals surface area contributed by atoms with Crippen molar-refractivity contribution < 1.29 is 0 Å². The third-order valence-electron chi connectivity index (χ3n) is 6.39. The predicted octanol–water partition coefficient (Wildman–Crippen LogP) is 4.52. The summed E-state index contributed by atoms with van der Waals surface area (Å²) in [6, 6.07) is 6.52. The molecule has 3 heterocycles. The second-order valence-electron chi connectivity index (χ2n) is 7.95. The number of aromatic nitrogens is 4. The second-order valence-corrected chi connectivity index (χ2v) is 7.95. The molecule has 0 N–H and O–H groups in total. The van der Waals surface area contributed by atoms with E-state index >= 15 is 0 Å². The Bertz CT molecular complexity index is 932. The highest BCUT2D eigenvalue weighted by Gasteiger charge is 2.43. The highest BCUT2D eigenvalue weighted by molar-refractivity contribution is 5.82. The Kier molecular flexibility index (Phi) is 3.24. The maximum Gasteiger partial charge on any atom is 0.134 e. The average Bonchev–Trinajstić information content (AvgIpc) is 3.14. The van der Waals surface area contributed by atoms with Crippen LogP contribution in [0.4, 0.5) is 0 Å². The Morgan fingerprint density at radius 1 is 1.04 bits per heavy atom. The summed E-state index contributed by atoms with van der Waals surface area (Å²) < 4.78 is 2.36. The van der Waals surface area contributed by atoms with Crippen LogP contribution in [0.2, 0.25) is 0 Å². The molecule has 4 nitrogen and oxygen atoms in total. The number of nitrogens with zero attached hydrogens (tertiary/aromatic N) is 4. The van der Waals surface area contributed by atoms with Crippen molar-refractivity contribution in [3.05, 3.63) is 42.2 Å². The van der Waals surface area contributed by atoms with E-state index in [-0.39, 0.29) is 5.41 Å². The number of imidazole rings is 1. The van der Waals surface area contributed by atoms with Gasteiger partial charge in [-0.3, -0.25) is 0 Å². The Balaban J connectivity index is 1.52. The summed E-state index contributed by atoms with van der Waals surface area (Å²) in [4.78, 5) is 14.3. The van der Waals surface area contributed by atoms with Crippen molar-refractivity contribution in [3.8, 4) is 11.1 Å². The first-order valence-electron chi connectivity index (χ1n) is 9.49. The summed E-state index contributed by atoms with van der Waals surface area (Å²) in [5.41, 5.74) is 4.82. The van der Waals surface area contributed by atoms with E-state index in [4.69, 9.17) is 15.0 Å². The van der Waals surface area contributed by atoms with Crippen molar-refractivity contribution in [2.75, 3.05) is 0 Å². The van der Waals surface area contributed by atoms with Crippen molar-refractivity contribution in [2.24, 2.45) is 5.92 Å². The van der Waals surface area contributed by atoms with Gasteiger partial charge < -0.3 is 4.57 Å². The zero-order valence-electron chi connectivity index (χ0n) is 15.0. The van der Waals surface area contributed by atoms with E-state index in [0.717, 1.165) is 29.9 Å². The molecule has 1 saturated carbocycles. The first-order chi connectivity index (χ1) is 12.2. The SMILES string of the molecule is CC(C)C1(c2ncc(-c3ccc4nc5n(c4c3)CCC5)cn2)CCC1. The molecule has 0 unspecified atom stereocenters. The molecule has 0 spiro atoms. The molecular weight excluding hydrogens is 308 g/mol. The lowest BCUT2D eigenvalue weighted by molar-refractivity contribution is 0.157. The molecule has 1 aromatic carbocycles. The van der Waals surface area contributed by atoms with Gasteiger partial charge in [0.2, 0.25) is 0 Å². The standard InChI is InChI=1S/C21H24N4/c1-14(2)21(8-4-9-21)20-22-12-16(13-23-20)15-6-7-17-18(11-15)25-10-3-5-19(25)24-17/h6-7,11-14H,3-5,8-10H2,1-2H3. The van der Waals surface area contributed by atoms with E-state index in [9.17, 15) is 0 Å². The molecule has 128 valence electrons. The largest absolute Gasteiger partial charge is 0.328 e. The number of hydrogen-bond acceptors (Lipinski definition) is 3. The van der Waals surface area contributed by atoms with Crippen LogP contribution in [0.1, 0.15) is 51.2 Å². The number of benzene rings is 1. The number of fused-ring (bicyclic) bond motifs is 3. The van der Waals surface area contributed by atoms with Crippen molar-refractivity contribution in [1.82, 2.24) is 19.5 Å². The smallest absolute Gasteiger partial charge is 0.134 e. The quantitative estimate of drug-likeness (QED) is 0.708. The van der Waals surface area contributed by atoms with E-state index in [0.29, 0.717) is 5.92 Å². The minimum Gasteiger partial charge on any atom is -0.328 e. The number of aryl methyl sites for hydroxylation is 2. The number of rotatable bonds is 3. The van der Waals surface area contributed by atoms with Crippen molar-refractivity contribution in [3.63, 3.8) is 0 Å². The molecule has 3 aromatic rings. The van der Waals surface area contributed by atoms with Gasteiger partial charge in [-0.2, -0.15) is 0 Å². The van der Waals surface area contributed by atoms with Gasteiger partial charge >= 0.3 is 0 Å². The Morgan fingerprint density at radius 2 is 1.84 bits per heavy atom. The van der Waals surface area contributed by atoms with Crippen LogP contribution in [-0.4, -0.2) is 19.5 Å². The normalized spacial score (nSPS) is 18.5. The summed E-state index contributed by atoms with van der Waals surface area (Å²) in [6.45, 7) is 5.68. The van der Waals surface area contributed by atoms with Gasteiger partial charge in [-0.1, -0.05) is 26.3 Å². The minimum absolute atomic E-state index is 0.203. The van der Waals surface area contributed by atoms with Crippen LogP contribution in [0.5, 0.6) is 0 Å². The van der Waals surface area contributed by atoms with Gasteiger partial charge in [0.15, 0.2) is 0 Å². The fraction of sp³-hybridized carbons (Fsp3) is 0.476. The lowest BCUT2D eigenvalue weighted by atomic mass is 9.61. The third kappa shape index (κ3) is 2.16. The molecule has 1 fully saturated rings. The Labute approximate surface area is 148 Å². The fourth-order valence-electron chi connectivity index (χ4n) is 4.54. The van der Waals surface area contributed by atoms with E-state index in [1.807, 2.05) is 12.4 Å². The summed E-state index contributed by atoms with van der Waals surface area (Å²) in [5, 5.41) is 0. The molecule has 1 aliphatic carbocycles. The van der Waals surface area contributed by atoms with Gasteiger partial charge in [0.25, 0.3) is 0 Å². The molecule has 1 aliphatic heterocycles. The van der Waals surface area contributed by atoms with Crippen molar-refractivity contribution >= 4 is 11.0 Å². The van der Waals surface area contributed by atoms with Crippen molar-refractivity contribution in [2.45, 2.75) is 57.9 Å². The zero-order chi connectivity index (χ0) is 17.0. The van der Waals surface area contributed by atoms with Gasteiger partial charge in [-0.05, 0) is 42.9 Å². The number of hydrogen-bond donors (Lipinski definition) is 0. The minimum atomic E-state index is 0.203. The average molecular weight is 332 g/mol. The molecule has 0 bridgehead atoms. The molecule has 2 aromatic heterocycles. The summed E-state index contributed by atoms with van der Waals surface area (Å²) in [6.07, 6.45) is 10.1. The highest BCUT2D eigenvalue weighted by Crippen LogP contribution is 2.47. The maximum atomic E-state index is 4.78. The second kappa shape index (κ2) is 5.38. The molecule has 25 heavy (non-hydrogen) atoms. The van der Waals surface area contributed by atoms with Crippen molar-refractivity contribution in [1.29, 1.82) is 0 Å². The van der Waals surface area contributed by atoms with Crippen LogP contribution >= 0.6 is 0 Å². The Hall–Kier alpha value is -2.23. The van der Waals surface area contributed by atoms with Gasteiger partial charge in [-0.25, -0.2) is 15.0 Å². The molecule has 0 amide bonds. The summed E-state index contributed by atoms with van der Waals surface area (Å²) >= 11 is 0. The Morgan fingerprint density at radius 3 is 2.52 bits per heavy atom. The summed E-state index contributed by atoms with van der Waals surface area (Å²) in [5.74, 6) is 2.85. The van der Waals surface area contributed by atoms with Gasteiger partial charge in [0.1, 0.15) is 11.6 Å². The van der Waals surface area contributed by atoms with E-state index in [1.165, 1.54) is 42.6 Å². The fourth-order valence-corrected chi connectivity index (χ4v) is 4.54. The molecule has 0 atom stereocenters. The third-order valence-corrected chi connectivity index (χ3v) is 6.39. The first kappa shape index (κ1) is 15.1. The topological polar surface area (TPSA) is 43.6 Å². The molecule has 0 radical (unpaired) electrons. The van der Waals surface area contributed by atoms with Gasteiger partial charge in [-0.15, -0.1) is 0 Å². The molecule has 2 aliphatic rings. The van der Waals surface area contributed by atoms with E-state index in [1.54, 1.807) is 0 Å². The molecule has 4 heteroatoms. The highest BCUT2D eigenvalue weighted by atomic mass is 15.1. The van der Waals surface area contributed by atoms with E-state index < -0.39 is 0 Å². The van der Waals surface area contributed by atoms with Gasteiger partial charge in [0.05, 0.1) is 11.0 Å². The lowest BCUT2D eigenvalue weighted by Gasteiger charge is -2.44. The first-order valence-corrected chi connectivity index (χ1v) is 9.49. The predicted molar refractivity (Wildman–Crippen MR) is 99.4 cm³/mol. The summed E-state index contributed by atoms with van der Waals surface area (Å²) in [7, 11) is 0.